The molecule has 0 unspecified atom stereocenters. The summed E-state index contributed by atoms with van der Waals surface area (Å²) in [6.07, 6.45) is -0.748. The molecule has 0 aliphatic rings. The van der Waals surface area contributed by atoms with Gasteiger partial charge in [-0.25, -0.2) is 0 Å². The Kier molecular flexibility index (Phi) is 3.31. The van der Waals surface area contributed by atoms with E-state index >= 15 is 0 Å². The van der Waals surface area contributed by atoms with Crippen LogP contribution >= 0.6 is 15.9 Å². The van der Waals surface area contributed by atoms with Gasteiger partial charge in [0.15, 0.2) is 0 Å². The van der Waals surface area contributed by atoms with Crippen LogP contribution in [0.1, 0.15) is 0 Å². The van der Waals surface area contributed by atoms with Crippen molar-refractivity contribution in [3.05, 3.63) is 46.9 Å². The first-order valence-electron chi connectivity index (χ1n) is 6.16. The maximum atomic E-state index is 9.72. The van der Waals surface area contributed by atoms with E-state index < -0.39 is 6.10 Å². The first-order chi connectivity index (χ1) is 9.20. The third kappa shape index (κ3) is 2.16. The lowest BCUT2D eigenvalue weighted by Gasteiger charge is -2.11. The highest BCUT2D eigenvalue weighted by Crippen LogP contribution is 2.31. The van der Waals surface area contributed by atoms with Crippen molar-refractivity contribution < 1.29 is 10.2 Å². The quantitative estimate of drug-likeness (QED) is 0.779. The Morgan fingerprint density at radius 2 is 1.79 bits per heavy atom. The SMILES string of the molecule is OC[C@@H](O)Cn1c2ccccc2c2cc(Br)ccc21. The van der Waals surface area contributed by atoms with Crippen molar-refractivity contribution in [1.82, 2.24) is 4.57 Å². The van der Waals surface area contributed by atoms with Crippen molar-refractivity contribution >= 4 is 37.7 Å². The minimum atomic E-state index is -0.748. The van der Waals surface area contributed by atoms with Crippen LogP contribution in [-0.2, 0) is 6.54 Å². The number of rotatable bonds is 3. The molecule has 3 nitrogen and oxygen atoms in total. The molecule has 1 atom stereocenters. The molecule has 0 fully saturated rings. The van der Waals surface area contributed by atoms with Gasteiger partial charge in [0, 0.05) is 26.3 Å². The van der Waals surface area contributed by atoms with E-state index in [0.717, 1.165) is 26.3 Å². The van der Waals surface area contributed by atoms with Gasteiger partial charge in [-0.3, -0.25) is 0 Å². The van der Waals surface area contributed by atoms with Crippen LogP contribution in [0.5, 0.6) is 0 Å². The zero-order valence-electron chi connectivity index (χ0n) is 10.3. The molecule has 19 heavy (non-hydrogen) atoms. The fourth-order valence-electron chi connectivity index (χ4n) is 2.49. The summed E-state index contributed by atoms with van der Waals surface area (Å²) in [6, 6.07) is 14.2. The van der Waals surface area contributed by atoms with Crippen molar-refractivity contribution in [1.29, 1.82) is 0 Å². The Balaban J connectivity index is 2.32. The smallest absolute Gasteiger partial charge is 0.0949 e. The van der Waals surface area contributed by atoms with Gasteiger partial charge >= 0.3 is 0 Å². The molecule has 1 heterocycles. The van der Waals surface area contributed by atoms with Crippen LogP contribution in [0.4, 0.5) is 0 Å². The lowest BCUT2D eigenvalue weighted by atomic mass is 10.2. The molecule has 0 saturated heterocycles. The highest BCUT2D eigenvalue weighted by atomic mass is 79.9. The highest BCUT2D eigenvalue weighted by Gasteiger charge is 2.13. The summed E-state index contributed by atoms with van der Waals surface area (Å²) >= 11 is 3.49. The zero-order chi connectivity index (χ0) is 13.4. The van der Waals surface area contributed by atoms with Gasteiger partial charge in [-0.1, -0.05) is 34.1 Å². The van der Waals surface area contributed by atoms with E-state index in [1.807, 2.05) is 30.3 Å². The second-order valence-electron chi connectivity index (χ2n) is 4.63. The maximum Gasteiger partial charge on any atom is 0.0949 e. The molecule has 3 aromatic rings. The van der Waals surface area contributed by atoms with Crippen LogP contribution in [0.15, 0.2) is 46.9 Å². The Hall–Kier alpha value is -1.36. The van der Waals surface area contributed by atoms with Crippen molar-refractivity contribution in [2.75, 3.05) is 6.61 Å². The number of hydrogen-bond donors (Lipinski definition) is 2. The van der Waals surface area contributed by atoms with E-state index in [1.165, 1.54) is 0 Å². The molecule has 0 bridgehead atoms. The molecule has 2 N–H and O–H groups in total. The fourth-order valence-corrected chi connectivity index (χ4v) is 2.85. The van der Waals surface area contributed by atoms with E-state index in [2.05, 4.69) is 32.6 Å². The number of fused-ring (bicyclic) bond motifs is 3. The second-order valence-corrected chi connectivity index (χ2v) is 5.54. The van der Waals surface area contributed by atoms with Crippen molar-refractivity contribution in [3.63, 3.8) is 0 Å². The molecule has 2 aromatic carbocycles. The molecule has 3 rings (SSSR count). The largest absolute Gasteiger partial charge is 0.394 e. The van der Waals surface area contributed by atoms with Gasteiger partial charge in [-0.2, -0.15) is 0 Å². The van der Waals surface area contributed by atoms with Gasteiger partial charge in [-0.15, -0.1) is 0 Å². The molecule has 1 aromatic heterocycles. The Morgan fingerprint density at radius 1 is 1.05 bits per heavy atom. The Morgan fingerprint density at radius 3 is 2.58 bits per heavy atom. The average molecular weight is 320 g/mol. The van der Waals surface area contributed by atoms with Crippen LogP contribution in [0, 0.1) is 0 Å². The first-order valence-corrected chi connectivity index (χ1v) is 6.95. The number of benzene rings is 2. The van der Waals surface area contributed by atoms with Gasteiger partial charge < -0.3 is 14.8 Å². The molecule has 98 valence electrons. The molecule has 0 aliphatic carbocycles. The van der Waals surface area contributed by atoms with Gasteiger partial charge in [-0.05, 0) is 24.3 Å². The van der Waals surface area contributed by atoms with E-state index in [-0.39, 0.29) is 6.61 Å². The van der Waals surface area contributed by atoms with Crippen LogP contribution in [0.2, 0.25) is 0 Å². The minimum Gasteiger partial charge on any atom is -0.394 e. The van der Waals surface area contributed by atoms with Gasteiger partial charge in [0.1, 0.15) is 0 Å². The predicted molar refractivity (Wildman–Crippen MR) is 80.2 cm³/mol. The minimum absolute atomic E-state index is 0.232. The molecular weight excluding hydrogens is 306 g/mol. The Labute approximate surface area is 119 Å². The van der Waals surface area contributed by atoms with Crippen LogP contribution in [-0.4, -0.2) is 27.5 Å². The van der Waals surface area contributed by atoms with Gasteiger partial charge in [0.25, 0.3) is 0 Å². The number of para-hydroxylation sites is 1. The molecule has 4 heteroatoms. The van der Waals surface area contributed by atoms with E-state index in [0.29, 0.717) is 6.54 Å². The van der Waals surface area contributed by atoms with Crippen LogP contribution in [0.3, 0.4) is 0 Å². The number of aliphatic hydroxyl groups excluding tert-OH is 2. The zero-order valence-corrected chi connectivity index (χ0v) is 11.8. The summed E-state index contributed by atoms with van der Waals surface area (Å²) in [7, 11) is 0. The summed E-state index contributed by atoms with van der Waals surface area (Å²) in [5.41, 5.74) is 2.14. The lowest BCUT2D eigenvalue weighted by Crippen LogP contribution is -2.19. The van der Waals surface area contributed by atoms with Gasteiger partial charge in [0.2, 0.25) is 0 Å². The molecule has 0 radical (unpaired) electrons. The number of aromatic nitrogens is 1. The van der Waals surface area contributed by atoms with Gasteiger partial charge in [0.05, 0.1) is 19.3 Å². The third-order valence-corrected chi connectivity index (χ3v) is 3.83. The van der Waals surface area contributed by atoms with Crippen LogP contribution in [0.25, 0.3) is 21.8 Å². The Bertz CT molecular complexity index is 735. The standard InChI is InChI=1S/C15H14BrNO2/c16-10-5-6-15-13(7-10)12-3-1-2-4-14(12)17(15)8-11(19)9-18/h1-7,11,18-19H,8-9H2/t11-/m0/s1. The van der Waals surface area contributed by atoms with E-state index in [9.17, 15) is 5.11 Å². The molecule has 0 aliphatic heterocycles. The monoisotopic (exact) mass is 319 g/mol. The topological polar surface area (TPSA) is 45.4 Å². The molecule has 0 spiro atoms. The summed E-state index contributed by atoms with van der Waals surface area (Å²) in [6.45, 7) is 0.159. The number of hydrogen-bond acceptors (Lipinski definition) is 2. The summed E-state index contributed by atoms with van der Waals surface area (Å²) in [4.78, 5) is 0. The fraction of sp³-hybridized carbons (Fsp3) is 0.200. The second kappa shape index (κ2) is 4.96. The first kappa shape index (κ1) is 12.7. The molecular formula is C15H14BrNO2. The number of aliphatic hydroxyl groups is 2. The van der Waals surface area contributed by atoms with Crippen molar-refractivity contribution in [2.45, 2.75) is 12.6 Å². The van der Waals surface area contributed by atoms with Crippen molar-refractivity contribution in [2.24, 2.45) is 0 Å². The number of nitrogens with zero attached hydrogens (tertiary/aromatic N) is 1. The summed E-state index contributed by atoms with van der Waals surface area (Å²) in [5.74, 6) is 0. The third-order valence-electron chi connectivity index (χ3n) is 3.34. The molecule has 0 saturated carbocycles. The lowest BCUT2D eigenvalue weighted by molar-refractivity contribution is 0.0831. The van der Waals surface area contributed by atoms with Crippen LogP contribution < -0.4 is 0 Å². The van der Waals surface area contributed by atoms with E-state index in [4.69, 9.17) is 5.11 Å². The predicted octanol–water partition coefficient (Wildman–Crippen LogP) is 2.91. The van der Waals surface area contributed by atoms with Crippen molar-refractivity contribution in [3.8, 4) is 0 Å². The summed E-state index contributed by atoms with van der Waals surface area (Å²) < 4.78 is 3.09. The van der Waals surface area contributed by atoms with E-state index in [1.54, 1.807) is 0 Å². The maximum absolute atomic E-state index is 9.72. The highest BCUT2D eigenvalue weighted by molar-refractivity contribution is 9.10. The average Bonchev–Trinajstić information content (AvgIpc) is 2.73. The normalized spacial score (nSPS) is 13.2. The molecule has 0 amide bonds. The number of halogens is 1. The summed E-state index contributed by atoms with van der Waals surface area (Å²) in [5, 5.41) is 21.1.